The highest BCUT2D eigenvalue weighted by molar-refractivity contribution is 7.89. The molecule has 10 nitrogen and oxygen atoms in total. The van der Waals surface area contributed by atoms with Crippen molar-refractivity contribution >= 4 is 21.8 Å². The van der Waals surface area contributed by atoms with Crippen LogP contribution in [0, 0.1) is 11.5 Å². The number of nitriles is 1. The number of carboxylic acids is 1. The Hall–Kier alpha value is -4.40. The van der Waals surface area contributed by atoms with Crippen molar-refractivity contribution in [1.29, 1.82) is 5.26 Å². The van der Waals surface area contributed by atoms with E-state index in [1.807, 2.05) is 30.3 Å². The van der Waals surface area contributed by atoms with E-state index in [2.05, 4.69) is 10.3 Å². The molecule has 4 rings (SSSR count). The quantitative estimate of drug-likeness (QED) is 0.223. The molecule has 0 amide bonds. The van der Waals surface area contributed by atoms with Gasteiger partial charge in [0.1, 0.15) is 23.4 Å². The molecule has 0 aliphatic carbocycles. The Morgan fingerprint density at radius 1 is 1.08 bits per heavy atom. The molecule has 1 unspecified atom stereocenters. The molecular weight excluding hydrogens is 520 g/mol. The summed E-state index contributed by atoms with van der Waals surface area (Å²) in [6.45, 7) is 0.236. The Morgan fingerprint density at radius 2 is 1.72 bits per heavy atom. The van der Waals surface area contributed by atoms with E-state index in [0.29, 0.717) is 23.5 Å². The van der Waals surface area contributed by atoms with E-state index in [1.54, 1.807) is 50.7 Å². The number of carboxylic acid groups (broad SMARTS) is 1. The van der Waals surface area contributed by atoms with E-state index in [-0.39, 0.29) is 23.7 Å². The number of nitrogens with zero attached hydrogens (tertiary/aromatic N) is 3. The van der Waals surface area contributed by atoms with Gasteiger partial charge >= 0.3 is 5.97 Å². The second-order valence-corrected chi connectivity index (χ2v) is 10.7. The zero-order valence-corrected chi connectivity index (χ0v) is 22.3. The van der Waals surface area contributed by atoms with Gasteiger partial charge < -0.3 is 19.9 Å². The molecule has 1 heterocycles. The number of hydrogen-bond acceptors (Lipinski definition) is 7. The van der Waals surface area contributed by atoms with Crippen molar-refractivity contribution in [3.05, 3.63) is 78.4 Å². The van der Waals surface area contributed by atoms with Crippen LogP contribution in [0.3, 0.4) is 0 Å². The second kappa shape index (κ2) is 12.0. The largest absolute Gasteiger partial charge is 0.496 e. The lowest BCUT2D eigenvalue weighted by Gasteiger charge is -2.40. The first-order valence-corrected chi connectivity index (χ1v) is 13.6. The smallest absolute Gasteiger partial charge is 0.326 e. The lowest BCUT2D eigenvalue weighted by atomic mass is 9.98. The SMILES string of the molecule is COc1cccc(OC)c1-c1ccc(C[C@H](NC(=NC#N)C2CCN2S(=O)(=O)c2ccccc2)C(=O)O)cc1. The zero-order chi connectivity index (χ0) is 28.0. The normalized spacial score (nSPS) is 16.4. The van der Waals surface area contributed by atoms with Crippen LogP contribution in [-0.2, 0) is 21.2 Å². The first kappa shape index (κ1) is 27.6. The summed E-state index contributed by atoms with van der Waals surface area (Å²) in [6, 6.07) is 18.8. The third-order valence-corrected chi connectivity index (χ3v) is 8.46. The van der Waals surface area contributed by atoms with Gasteiger partial charge in [0, 0.05) is 13.0 Å². The lowest BCUT2D eigenvalue weighted by molar-refractivity contribution is -0.139. The van der Waals surface area contributed by atoms with Crippen LogP contribution in [-0.4, -0.2) is 62.5 Å². The minimum atomic E-state index is -3.84. The van der Waals surface area contributed by atoms with Crippen molar-refractivity contribution in [3.63, 3.8) is 0 Å². The zero-order valence-electron chi connectivity index (χ0n) is 21.4. The van der Waals surface area contributed by atoms with Crippen LogP contribution in [0.4, 0.5) is 0 Å². The Kier molecular flexibility index (Phi) is 8.49. The molecule has 0 aromatic heterocycles. The molecule has 0 bridgehead atoms. The predicted octanol–water partition coefficient (Wildman–Crippen LogP) is 3.30. The number of nitrogens with one attached hydrogen (secondary N) is 1. The lowest BCUT2D eigenvalue weighted by Crippen LogP contribution is -2.60. The minimum Gasteiger partial charge on any atom is -0.496 e. The molecule has 3 aromatic carbocycles. The van der Waals surface area contributed by atoms with E-state index in [4.69, 9.17) is 9.47 Å². The third kappa shape index (κ3) is 5.87. The van der Waals surface area contributed by atoms with Gasteiger partial charge in [-0.2, -0.15) is 14.6 Å². The Bertz CT molecular complexity index is 1480. The van der Waals surface area contributed by atoms with Crippen LogP contribution in [0.25, 0.3) is 11.1 Å². The fourth-order valence-corrected chi connectivity index (χ4v) is 6.12. The van der Waals surface area contributed by atoms with Gasteiger partial charge in [-0.25, -0.2) is 13.2 Å². The van der Waals surface area contributed by atoms with Crippen LogP contribution >= 0.6 is 0 Å². The molecule has 11 heteroatoms. The molecule has 1 aliphatic rings. The number of benzene rings is 3. The molecule has 1 fully saturated rings. The molecule has 1 saturated heterocycles. The maximum atomic E-state index is 13.1. The standard InChI is InChI=1S/C28H28N4O6S/c1-37-24-9-6-10-25(38-2)26(24)20-13-11-19(12-14-20)17-22(28(33)34)31-27(30-18-29)23-15-16-32(23)39(35,36)21-7-4-3-5-8-21/h3-14,22-23H,15-17H2,1-2H3,(H,30,31)(H,33,34)/t22-,23?/m0/s1. The van der Waals surface area contributed by atoms with Crippen molar-refractivity contribution in [3.8, 4) is 28.8 Å². The maximum Gasteiger partial charge on any atom is 0.326 e. The van der Waals surface area contributed by atoms with Gasteiger partial charge in [0.05, 0.1) is 30.7 Å². The van der Waals surface area contributed by atoms with Crippen molar-refractivity contribution < 1.29 is 27.8 Å². The number of carbonyl (C=O) groups is 1. The highest BCUT2D eigenvalue weighted by Crippen LogP contribution is 2.38. The first-order chi connectivity index (χ1) is 18.8. The van der Waals surface area contributed by atoms with Crippen LogP contribution in [0.15, 0.2) is 82.7 Å². The molecule has 2 atom stereocenters. The molecule has 39 heavy (non-hydrogen) atoms. The van der Waals surface area contributed by atoms with Gasteiger partial charge in [-0.3, -0.25) is 0 Å². The number of sulfonamides is 1. The molecule has 3 aromatic rings. The van der Waals surface area contributed by atoms with Crippen LogP contribution < -0.4 is 14.8 Å². The van der Waals surface area contributed by atoms with E-state index >= 15 is 0 Å². The number of methoxy groups -OCH3 is 2. The van der Waals surface area contributed by atoms with Gasteiger partial charge in [0.2, 0.25) is 16.2 Å². The van der Waals surface area contributed by atoms with Gasteiger partial charge in [0.25, 0.3) is 0 Å². The Morgan fingerprint density at radius 3 is 2.23 bits per heavy atom. The number of rotatable bonds is 10. The Balaban J connectivity index is 1.54. The van der Waals surface area contributed by atoms with Crippen LogP contribution in [0.2, 0.25) is 0 Å². The van der Waals surface area contributed by atoms with E-state index in [0.717, 1.165) is 11.1 Å². The number of hydrogen-bond donors (Lipinski definition) is 2. The summed E-state index contributed by atoms with van der Waals surface area (Å²) < 4.78 is 38.4. The topological polar surface area (TPSA) is 141 Å². The molecular formula is C28H28N4O6S. The van der Waals surface area contributed by atoms with Crippen LogP contribution in [0.5, 0.6) is 11.5 Å². The molecule has 2 N–H and O–H groups in total. The number of aliphatic imine (C=N–C) groups is 1. The van der Waals surface area contributed by atoms with Crippen molar-refractivity contribution in [2.75, 3.05) is 20.8 Å². The van der Waals surface area contributed by atoms with Gasteiger partial charge in [-0.05, 0) is 41.8 Å². The monoisotopic (exact) mass is 548 g/mol. The van der Waals surface area contributed by atoms with Gasteiger partial charge in [-0.1, -0.05) is 48.5 Å². The third-order valence-electron chi connectivity index (χ3n) is 6.54. The van der Waals surface area contributed by atoms with Gasteiger partial charge in [-0.15, -0.1) is 0 Å². The highest BCUT2D eigenvalue weighted by atomic mass is 32.2. The molecule has 0 spiro atoms. The number of amidine groups is 1. The maximum absolute atomic E-state index is 13.1. The fraction of sp³-hybridized carbons (Fsp3) is 0.250. The second-order valence-electron chi connectivity index (χ2n) is 8.80. The average molecular weight is 549 g/mol. The van der Waals surface area contributed by atoms with Crippen molar-refractivity contribution in [2.24, 2.45) is 4.99 Å². The van der Waals surface area contributed by atoms with E-state index in [9.17, 15) is 23.6 Å². The molecule has 202 valence electrons. The predicted molar refractivity (Wildman–Crippen MR) is 145 cm³/mol. The summed E-state index contributed by atoms with van der Waals surface area (Å²) in [4.78, 5) is 16.1. The minimum absolute atomic E-state index is 0.00559. The summed E-state index contributed by atoms with van der Waals surface area (Å²) in [5.41, 5.74) is 2.32. The number of ether oxygens (including phenoxy) is 2. The van der Waals surface area contributed by atoms with Gasteiger partial charge in [0.15, 0.2) is 0 Å². The molecule has 0 radical (unpaired) electrons. The summed E-state index contributed by atoms with van der Waals surface area (Å²) >= 11 is 0. The Labute approximate surface area is 227 Å². The summed E-state index contributed by atoms with van der Waals surface area (Å²) in [7, 11) is -0.689. The molecule has 0 saturated carbocycles. The van der Waals surface area contributed by atoms with E-state index in [1.165, 1.54) is 16.4 Å². The fourth-order valence-electron chi connectivity index (χ4n) is 4.47. The summed E-state index contributed by atoms with van der Waals surface area (Å²) in [6.07, 6.45) is 2.15. The average Bonchev–Trinajstić information content (AvgIpc) is 2.92. The van der Waals surface area contributed by atoms with E-state index < -0.39 is 28.1 Å². The van der Waals surface area contributed by atoms with Crippen LogP contribution in [0.1, 0.15) is 12.0 Å². The highest BCUT2D eigenvalue weighted by Gasteiger charge is 2.42. The number of aliphatic carboxylic acids is 1. The summed E-state index contributed by atoms with van der Waals surface area (Å²) in [5, 5.41) is 22.0. The summed E-state index contributed by atoms with van der Waals surface area (Å²) in [5.74, 6) is 0.124. The molecule has 1 aliphatic heterocycles. The van der Waals surface area contributed by atoms with Crippen molar-refractivity contribution in [1.82, 2.24) is 9.62 Å². The first-order valence-electron chi connectivity index (χ1n) is 12.1. The van der Waals surface area contributed by atoms with Crippen molar-refractivity contribution in [2.45, 2.75) is 29.8 Å².